The largest absolute Gasteiger partial charge is 0.482 e. The summed E-state index contributed by atoms with van der Waals surface area (Å²) in [5.41, 5.74) is 0.914. The number of hydrogen-bond donors (Lipinski definition) is 1. The van der Waals surface area contributed by atoms with Crippen LogP contribution in [0.15, 0.2) is 36.4 Å². The van der Waals surface area contributed by atoms with E-state index in [9.17, 15) is 9.59 Å². The zero-order valence-electron chi connectivity index (χ0n) is 15.0. The van der Waals surface area contributed by atoms with E-state index in [1.54, 1.807) is 24.3 Å². The molecule has 8 heteroatoms. The van der Waals surface area contributed by atoms with Gasteiger partial charge < -0.3 is 15.0 Å². The Morgan fingerprint density at radius 2 is 1.64 bits per heavy atom. The molecule has 0 spiro atoms. The summed E-state index contributed by atoms with van der Waals surface area (Å²) in [7, 11) is 0. The number of ether oxygens (including phenoxy) is 1. The Kier molecular flexibility index (Phi) is 7.05. The maximum Gasteiger partial charge on any atom is 0.262 e. The van der Waals surface area contributed by atoms with Gasteiger partial charge in [0.05, 0.1) is 26.3 Å². The molecule has 0 unspecified atom stereocenters. The topological polar surface area (TPSA) is 58.6 Å². The lowest BCUT2D eigenvalue weighted by Gasteiger charge is -2.27. The van der Waals surface area contributed by atoms with E-state index in [2.05, 4.69) is 5.32 Å². The summed E-state index contributed by atoms with van der Waals surface area (Å²) < 4.78 is 5.44. The molecular formula is C20H19Cl3N2O3. The average Bonchev–Trinajstić information content (AvgIpc) is 2.70. The maximum absolute atomic E-state index is 12.8. The molecule has 0 aromatic heterocycles. The van der Waals surface area contributed by atoms with Crippen LogP contribution in [-0.4, -0.2) is 36.4 Å². The van der Waals surface area contributed by atoms with Gasteiger partial charge in [0.1, 0.15) is 5.75 Å². The summed E-state index contributed by atoms with van der Waals surface area (Å²) >= 11 is 17.9. The molecule has 2 aromatic carbocycles. The van der Waals surface area contributed by atoms with Crippen LogP contribution in [-0.2, 0) is 4.79 Å². The third-order valence-corrected chi connectivity index (χ3v) is 5.43. The number of hydrogen-bond acceptors (Lipinski definition) is 3. The molecule has 0 bridgehead atoms. The van der Waals surface area contributed by atoms with Crippen LogP contribution < -0.4 is 10.1 Å². The molecule has 2 aromatic rings. The number of nitrogens with zero attached hydrogens (tertiary/aromatic N) is 1. The monoisotopic (exact) mass is 440 g/mol. The molecule has 5 nitrogen and oxygen atoms in total. The Hall–Kier alpha value is -1.95. The molecule has 1 aliphatic heterocycles. The lowest BCUT2D eigenvalue weighted by Crippen LogP contribution is -2.36. The summed E-state index contributed by atoms with van der Waals surface area (Å²) in [6.45, 7) is 1.18. The van der Waals surface area contributed by atoms with Crippen molar-refractivity contribution in [3.63, 3.8) is 0 Å². The third kappa shape index (κ3) is 5.10. The van der Waals surface area contributed by atoms with Crippen LogP contribution in [0, 0.1) is 0 Å². The number of benzene rings is 2. The summed E-state index contributed by atoms with van der Waals surface area (Å²) in [6, 6.07) is 9.85. The molecule has 1 fully saturated rings. The lowest BCUT2D eigenvalue weighted by atomic mass is 10.1. The number of carbonyl (C=O) groups is 2. The van der Waals surface area contributed by atoms with E-state index >= 15 is 0 Å². The number of amides is 2. The fraction of sp³-hybridized carbons (Fsp3) is 0.300. The van der Waals surface area contributed by atoms with Gasteiger partial charge in [-0.3, -0.25) is 9.59 Å². The maximum atomic E-state index is 12.8. The molecule has 148 valence electrons. The number of piperidine rings is 1. The van der Waals surface area contributed by atoms with E-state index < -0.39 is 5.91 Å². The zero-order valence-corrected chi connectivity index (χ0v) is 17.3. The van der Waals surface area contributed by atoms with Gasteiger partial charge in [0.25, 0.3) is 11.8 Å². The van der Waals surface area contributed by atoms with E-state index in [4.69, 9.17) is 39.5 Å². The number of carbonyl (C=O) groups excluding carboxylic acids is 2. The Morgan fingerprint density at radius 3 is 2.39 bits per heavy atom. The van der Waals surface area contributed by atoms with Crippen LogP contribution in [0.3, 0.4) is 0 Å². The smallest absolute Gasteiger partial charge is 0.262 e. The van der Waals surface area contributed by atoms with E-state index in [0.29, 0.717) is 16.3 Å². The number of likely N-dealkylation sites (tertiary alicyclic amines) is 1. The second kappa shape index (κ2) is 9.50. The van der Waals surface area contributed by atoms with Gasteiger partial charge in [0.15, 0.2) is 6.61 Å². The number of para-hydroxylation sites is 1. The van der Waals surface area contributed by atoms with Crippen LogP contribution >= 0.6 is 34.8 Å². The summed E-state index contributed by atoms with van der Waals surface area (Å²) in [5.74, 6) is -0.242. The second-order valence-corrected chi connectivity index (χ2v) is 7.65. The van der Waals surface area contributed by atoms with Crippen molar-refractivity contribution in [3.8, 4) is 5.75 Å². The fourth-order valence-electron chi connectivity index (χ4n) is 2.99. The Bertz CT molecular complexity index is 883. The van der Waals surface area contributed by atoms with E-state index in [0.717, 1.165) is 32.4 Å². The minimum absolute atomic E-state index is 0.0796. The molecule has 1 heterocycles. The highest BCUT2D eigenvalue weighted by atomic mass is 35.5. The van der Waals surface area contributed by atoms with Gasteiger partial charge in [0, 0.05) is 19.2 Å². The molecule has 3 rings (SSSR count). The second-order valence-electron chi connectivity index (χ2n) is 6.43. The van der Waals surface area contributed by atoms with Gasteiger partial charge in [-0.1, -0.05) is 46.9 Å². The minimum Gasteiger partial charge on any atom is -0.482 e. The Balaban J connectivity index is 1.66. The molecule has 0 saturated carbocycles. The van der Waals surface area contributed by atoms with E-state index in [1.165, 1.54) is 12.1 Å². The van der Waals surface area contributed by atoms with Crippen molar-refractivity contribution in [1.82, 2.24) is 4.90 Å². The van der Waals surface area contributed by atoms with Crippen LogP contribution in [0.4, 0.5) is 5.69 Å². The van der Waals surface area contributed by atoms with Gasteiger partial charge in [-0.05, 0) is 37.5 Å². The average molecular weight is 442 g/mol. The molecule has 1 saturated heterocycles. The first-order valence-corrected chi connectivity index (χ1v) is 10.0. The minimum atomic E-state index is -0.416. The predicted molar refractivity (Wildman–Crippen MR) is 112 cm³/mol. The highest BCUT2D eigenvalue weighted by molar-refractivity contribution is 6.43. The quantitative estimate of drug-likeness (QED) is 0.641. The van der Waals surface area contributed by atoms with Crippen molar-refractivity contribution in [2.45, 2.75) is 19.3 Å². The normalized spacial score (nSPS) is 13.9. The highest BCUT2D eigenvalue weighted by Crippen LogP contribution is 2.33. The van der Waals surface area contributed by atoms with Crippen molar-refractivity contribution in [3.05, 3.63) is 57.0 Å². The van der Waals surface area contributed by atoms with Gasteiger partial charge in [-0.15, -0.1) is 0 Å². The molecule has 2 amide bonds. The Labute approximate surface area is 178 Å². The lowest BCUT2D eigenvalue weighted by molar-refractivity contribution is -0.118. The standard InChI is InChI=1S/C20H19Cl3N2O3/c21-14-10-16(23)18(11-15(14)22)28-12-19(26)24-17-7-3-2-6-13(17)20(27)25-8-4-1-5-9-25/h2-3,6-7,10-11H,1,4-5,8-9,12H2,(H,24,26). The SMILES string of the molecule is O=C(COc1cc(Cl)c(Cl)cc1Cl)Nc1ccccc1C(=O)N1CCCCC1. The number of rotatable bonds is 5. The first-order chi connectivity index (χ1) is 13.5. The van der Waals surface area contributed by atoms with Crippen LogP contribution in [0.1, 0.15) is 29.6 Å². The first-order valence-electron chi connectivity index (χ1n) is 8.91. The van der Waals surface area contributed by atoms with Gasteiger partial charge in [-0.25, -0.2) is 0 Å². The van der Waals surface area contributed by atoms with E-state index in [-0.39, 0.29) is 28.3 Å². The molecule has 1 aliphatic rings. The van der Waals surface area contributed by atoms with Gasteiger partial charge in [-0.2, -0.15) is 0 Å². The predicted octanol–water partition coefficient (Wildman–Crippen LogP) is 5.29. The first kappa shape index (κ1) is 20.8. The summed E-state index contributed by atoms with van der Waals surface area (Å²) in [5, 5.41) is 3.56. The van der Waals surface area contributed by atoms with Crippen molar-refractivity contribution in [1.29, 1.82) is 0 Å². The highest BCUT2D eigenvalue weighted by Gasteiger charge is 2.21. The van der Waals surface area contributed by atoms with Crippen LogP contribution in [0.2, 0.25) is 15.1 Å². The van der Waals surface area contributed by atoms with E-state index in [1.807, 2.05) is 4.90 Å². The third-order valence-electron chi connectivity index (χ3n) is 4.41. The van der Waals surface area contributed by atoms with Crippen molar-refractivity contribution >= 4 is 52.3 Å². The fourth-order valence-corrected chi connectivity index (χ4v) is 3.58. The van der Waals surface area contributed by atoms with Crippen LogP contribution in [0.25, 0.3) is 0 Å². The van der Waals surface area contributed by atoms with Crippen molar-refractivity contribution in [2.75, 3.05) is 25.0 Å². The molecule has 0 atom stereocenters. The molecular weight excluding hydrogens is 423 g/mol. The van der Waals surface area contributed by atoms with Crippen molar-refractivity contribution < 1.29 is 14.3 Å². The molecule has 0 aliphatic carbocycles. The Morgan fingerprint density at radius 1 is 0.964 bits per heavy atom. The molecule has 28 heavy (non-hydrogen) atoms. The number of anilines is 1. The summed E-state index contributed by atoms with van der Waals surface area (Å²) in [4.78, 5) is 27.0. The van der Waals surface area contributed by atoms with Gasteiger partial charge in [0.2, 0.25) is 0 Å². The van der Waals surface area contributed by atoms with Crippen molar-refractivity contribution in [2.24, 2.45) is 0 Å². The van der Waals surface area contributed by atoms with Crippen LogP contribution in [0.5, 0.6) is 5.75 Å². The number of halogens is 3. The number of nitrogens with one attached hydrogen (secondary N) is 1. The molecule has 1 N–H and O–H groups in total. The summed E-state index contributed by atoms with van der Waals surface area (Å²) in [6.07, 6.45) is 3.13. The zero-order chi connectivity index (χ0) is 20.1. The van der Waals surface area contributed by atoms with Gasteiger partial charge >= 0.3 is 0 Å². The molecule has 0 radical (unpaired) electrons.